The fourth-order valence-corrected chi connectivity index (χ4v) is 5.36. The number of nitrogens with zero attached hydrogens (tertiary/aromatic N) is 4. The smallest absolute Gasteiger partial charge is 0.225 e. The lowest BCUT2D eigenvalue weighted by Crippen LogP contribution is -2.27. The van der Waals surface area contributed by atoms with Gasteiger partial charge in [-0.25, -0.2) is 4.98 Å². The number of fused-ring (bicyclic) bond motifs is 1. The molecule has 2 aromatic carbocycles. The Hall–Kier alpha value is -3.28. The number of pyridine rings is 1. The minimum absolute atomic E-state index is 0.272. The van der Waals surface area contributed by atoms with E-state index in [0.717, 1.165) is 46.8 Å². The number of benzene rings is 2. The van der Waals surface area contributed by atoms with Gasteiger partial charge in [-0.2, -0.15) is 4.98 Å². The summed E-state index contributed by atoms with van der Waals surface area (Å²) in [6.07, 6.45) is 2.65. The molecule has 164 valence electrons. The molecular formula is C27H23ClN4S. The number of thiophene rings is 1. The van der Waals surface area contributed by atoms with Crippen LogP contribution in [0.4, 0.5) is 5.82 Å². The van der Waals surface area contributed by atoms with Crippen molar-refractivity contribution in [1.82, 2.24) is 15.0 Å². The van der Waals surface area contributed by atoms with Crippen molar-refractivity contribution >= 4 is 39.0 Å². The molecule has 0 unspecified atom stereocenters. The first kappa shape index (κ1) is 21.6. The standard InChI is InChI=1S/C27H23ClN4S/c1-19-23(21-12-6-3-7-13-21)24-25(30-27(28)31-26(24)33-19)32(18-20-10-4-2-5-11-20)17-15-22-14-8-9-16-29-22/h2-14,16H,15,17-18H2,1H3. The molecule has 5 rings (SSSR count). The third-order valence-electron chi connectivity index (χ3n) is 5.62. The van der Waals surface area contributed by atoms with Crippen LogP contribution < -0.4 is 4.90 Å². The van der Waals surface area contributed by atoms with Crippen molar-refractivity contribution in [3.05, 3.63) is 106 Å². The Morgan fingerprint density at radius 1 is 0.879 bits per heavy atom. The molecule has 33 heavy (non-hydrogen) atoms. The summed E-state index contributed by atoms with van der Waals surface area (Å²) in [4.78, 5) is 18.3. The fourth-order valence-electron chi connectivity index (χ4n) is 4.11. The molecule has 0 saturated heterocycles. The lowest BCUT2D eigenvalue weighted by molar-refractivity contribution is 0.761. The minimum Gasteiger partial charge on any atom is -0.351 e. The summed E-state index contributed by atoms with van der Waals surface area (Å²) in [5.41, 5.74) is 4.61. The van der Waals surface area contributed by atoms with Gasteiger partial charge in [0.15, 0.2) is 0 Å². The molecule has 0 saturated carbocycles. The molecule has 0 aliphatic rings. The van der Waals surface area contributed by atoms with Crippen LogP contribution in [0.2, 0.25) is 5.28 Å². The first-order valence-electron chi connectivity index (χ1n) is 10.9. The summed E-state index contributed by atoms with van der Waals surface area (Å²) < 4.78 is 0. The Balaban J connectivity index is 1.64. The molecule has 5 aromatic rings. The van der Waals surface area contributed by atoms with Crippen LogP contribution in [0.3, 0.4) is 0 Å². The van der Waals surface area contributed by atoms with E-state index in [4.69, 9.17) is 16.6 Å². The van der Waals surface area contributed by atoms with Gasteiger partial charge in [-0.05, 0) is 41.8 Å². The molecule has 0 aliphatic heterocycles. The van der Waals surface area contributed by atoms with E-state index in [0.29, 0.717) is 0 Å². The molecule has 3 aromatic heterocycles. The zero-order chi connectivity index (χ0) is 22.6. The molecule has 0 radical (unpaired) electrons. The Bertz CT molecular complexity index is 1360. The van der Waals surface area contributed by atoms with Crippen molar-refractivity contribution in [2.75, 3.05) is 11.4 Å². The van der Waals surface area contributed by atoms with Crippen molar-refractivity contribution in [3.63, 3.8) is 0 Å². The van der Waals surface area contributed by atoms with E-state index >= 15 is 0 Å². The van der Waals surface area contributed by atoms with E-state index in [1.54, 1.807) is 11.3 Å². The molecule has 3 heterocycles. The maximum absolute atomic E-state index is 6.44. The van der Waals surface area contributed by atoms with E-state index < -0.39 is 0 Å². The van der Waals surface area contributed by atoms with Gasteiger partial charge in [0.2, 0.25) is 5.28 Å². The van der Waals surface area contributed by atoms with E-state index in [1.165, 1.54) is 16.0 Å². The summed E-state index contributed by atoms with van der Waals surface area (Å²) >= 11 is 8.11. The van der Waals surface area contributed by atoms with Crippen LogP contribution in [-0.4, -0.2) is 21.5 Å². The monoisotopic (exact) mass is 470 g/mol. The maximum Gasteiger partial charge on any atom is 0.225 e. The van der Waals surface area contributed by atoms with Crippen LogP contribution >= 0.6 is 22.9 Å². The van der Waals surface area contributed by atoms with E-state index in [-0.39, 0.29) is 5.28 Å². The third kappa shape index (κ3) is 4.75. The average molecular weight is 471 g/mol. The molecule has 0 fully saturated rings. The average Bonchev–Trinajstić information content (AvgIpc) is 3.18. The lowest BCUT2D eigenvalue weighted by Gasteiger charge is -2.25. The van der Waals surface area contributed by atoms with Crippen molar-refractivity contribution in [1.29, 1.82) is 0 Å². The van der Waals surface area contributed by atoms with Gasteiger partial charge >= 0.3 is 0 Å². The number of anilines is 1. The van der Waals surface area contributed by atoms with Crippen LogP contribution in [0, 0.1) is 6.92 Å². The highest BCUT2D eigenvalue weighted by molar-refractivity contribution is 7.19. The highest BCUT2D eigenvalue weighted by atomic mass is 35.5. The van der Waals surface area contributed by atoms with Gasteiger partial charge in [0.25, 0.3) is 0 Å². The zero-order valence-electron chi connectivity index (χ0n) is 18.3. The molecular weight excluding hydrogens is 448 g/mol. The summed E-state index contributed by atoms with van der Waals surface area (Å²) in [5, 5.41) is 1.33. The van der Waals surface area contributed by atoms with E-state index in [2.05, 4.69) is 76.4 Å². The Labute approximate surface area is 202 Å². The van der Waals surface area contributed by atoms with Gasteiger partial charge in [-0.15, -0.1) is 11.3 Å². The molecule has 0 bridgehead atoms. The number of hydrogen-bond acceptors (Lipinski definition) is 5. The highest BCUT2D eigenvalue weighted by Gasteiger charge is 2.22. The second-order valence-corrected chi connectivity index (χ2v) is 9.42. The van der Waals surface area contributed by atoms with Crippen molar-refractivity contribution in [3.8, 4) is 11.1 Å². The van der Waals surface area contributed by atoms with Crippen LogP contribution in [-0.2, 0) is 13.0 Å². The number of aryl methyl sites for hydroxylation is 1. The third-order valence-corrected chi connectivity index (χ3v) is 6.79. The van der Waals surface area contributed by atoms with Gasteiger partial charge in [0.1, 0.15) is 10.6 Å². The normalized spacial score (nSPS) is 11.1. The highest BCUT2D eigenvalue weighted by Crippen LogP contribution is 2.42. The second kappa shape index (κ2) is 9.69. The van der Waals surface area contributed by atoms with Crippen molar-refractivity contribution in [2.24, 2.45) is 0 Å². The summed E-state index contributed by atoms with van der Waals surface area (Å²) in [7, 11) is 0. The minimum atomic E-state index is 0.272. The largest absolute Gasteiger partial charge is 0.351 e. The van der Waals surface area contributed by atoms with Crippen LogP contribution in [0.5, 0.6) is 0 Å². The van der Waals surface area contributed by atoms with Gasteiger partial charge in [0.05, 0.1) is 5.39 Å². The van der Waals surface area contributed by atoms with Crippen LogP contribution in [0.1, 0.15) is 16.1 Å². The number of halogens is 1. The Kier molecular flexibility index (Phi) is 6.33. The number of hydrogen-bond donors (Lipinski definition) is 0. The first-order valence-corrected chi connectivity index (χ1v) is 12.1. The van der Waals surface area contributed by atoms with E-state index in [1.807, 2.05) is 30.5 Å². The van der Waals surface area contributed by atoms with Gasteiger partial charge in [-0.3, -0.25) is 4.98 Å². The van der Waals surface area contributed by atoms with Crippen LogP contribution in [0.15, 0.2) is 85.1 Å². The quantitative estimate of drug-likeness (QED) is 0.241. The number of rotatable bonds is 7. The van der Waals surface area contributed by atoms with Crippen molar-refractivity contribution < 1.29 is 0 Å². The van der Waals surface area contributed by atoms with Gasteiger partial charge in [0, 0.05) is 41.8 Å². The Morgan fingerprint density at radius 2 is 1.61 bits per heavy atom. The predicted molar refractivity (Wildman–Crippen MR) is 138 cm³/mol. The number of aromatic nitrogens is 3. The van der Waals surface area contributed by atoms with Crippen LogP contribution in [0.25, 0.3) is 21.3 Å². The molecule has 0 aliphatic carbocycles. The predicted octanol–water partition coefficient (Wildman–Crippen LogP) is 6.96. The molecule has 0 spiro atoms. The molecule has 6 heteroatoms. The maximum atomic E-state index is 6.44. The second-order valence-electron chi connectivity index (χ2n) is 7.87. The van der Waals surface area contributed by atoms with Gasteiger partial charge in [-0.1, -0.05) is 66.7 Å². The zero-order valence-corrected chi connectivity index (χ0v) is 19.9. The van der Waals surface area contributed by atoms with Crippen molar-refractivity contribution in [2.45, 2.75) is 19.9 Å². The summed E-state index contributed by atoms with van der Waals surface area (Å²) in [5.74, 6) is 0.869. The summed E-state index contributed by atoms with van der Waals surface area (Å²) in [6.45, 7) is 3.62. The SMILES string of the molecule is Cc1sc2nc(Cl)nc(N(CCc3ccccn3)Cc3ccccc3)c2c1-c1ccccc1. The molecule has 0 atom stereocenters. The topological polar surface area (TPSA) is 41.9 Å². The molecule has 0 N–H and O–H groups in total. The lowest BCUT2D eigenvalue weighted by atomic mass is 10.0. The molecule has 4 nitrogen and oxygen atoms in total. The molecule has 0 amide bonds. The fraction of sp³-hybridized carbons (Fsp3) is 0.148. The summed E-state index contributed by atoms with van der Waals surface area (Å²) in [6, 6.07) is 27.0. The van der Waals surface area contributed by atoms with E-state index in [9.17, 15) is 0 Å². The van der Waals surface area contributed by atoms with Gasteiger partial charge < -0.3 is 4.90 Å². The Morgan fingerprint density at radius 3 is 2.33 bits per heavy atom. The first-order chi connectivity index (χ1) is 16.2.